The number of nitrogens with one attached hydrogen (secondary N) is 2. The highest BCUT2D eigenvalue weighted by atomic mass is 32.1. The van der Waals surface area contributed by atoms with Gasteiger partial charge in [-0.1, -0.05) is 18.3 Å². The summed E-state index contributed by atoms with van der Waals surface area (Å²) in [5.41, 5.74) is 0. The first-order chi connectivity index (χ1) is 3.86. The Hall–Kier alpha value is -0.410. The molecule has 0 unspecified atom stereocenters. The summed E-state index contributed by atoms with van der Waals surface area (Å²) in [5, 5.41) is 6.30. The van der Waals surface area contributed by atoms with Crippen molar-refractivity contribution in [3.63, 3.8) is 0 Å². The topological polar surface area (TPSA) is 24.1 Å². The second-order valence-corrected chi connectivity index (χ2v) is 2.46. The summed E-state index contributed by atoms with van der Waals surface area (Å²) in [6.45, 7) is 0. The van der Waals surface area contributed by atoms with Gasteiger partial charge in [0, 0.05) is 0 Å². The van der Waals surface area contributed by atoms with Crippen LogP contribution < -0.4 is 10.6 Å². The van der Waals surface area contributed by atoms with E-state index in [1.807, 2.05) is 0 Å². The lowest BCUT2D eigenvalue weighted by Gasteiger charge is -2.02. The summed E-state index contributed by atoms with van der Waals surface area (Å²) in [4.78, 5) is 0.928. The Morgan fingerprint density at radius 2 is 2.38 bits per heavy atom. The van der Waals surface area contributed by atoms with E-state index < -0.39 is 0 Å². The molecule has 8 heavy (non-hydrogen) atoms. The minimum atomic E-state index is 0.326. The molecule has 42 valence electrons. The first-order valence-corrected chi connectivity index (χ1v) is 3.02. The molecule has 0 radical (unpaired) electrons. The average molecular weight is 126 g/mol. The van der Waals surface area contributed by atoms with E-state index in [4.69, 9.17) is 12.2 Å². The zero-order chi connectivity index (χ0) is 5.56. The van der Waals surface area contributed by atoms with Gasteiger partial charge in [-0.3, -0.25) is 5.32 Å². The molecule has 1 fully saturated rings. The normalized spacial score (nSPS) is 40.8. The minimum absolute atomic E-state index is 0.326. The maximum atomic E-state index is 4.95. The van der Waals surface area contributed by atoms with Gasteiger partial charge >= 0.3 is 0 Å². The van der Waals surface area contributed by atoms with E-state index in [-0.39, 0.29) is 0 Å². The lowest BCUT2D eigenvalue weighted by molar-refractivity contribution is 0.681. The van der Waals surface area contributed by atoms with Crippen molar-refractivity contribution in [3.8, 4) is 0 Å². The van der Waals surface area contributed by atoms with Gasteiger partial charge in [0.05, 0.1) is 17.2 Å². The van der Waals surface area contributed by atoms with Gasteiger partial charge in [-0.05, 0) is 6.08 Å². The molecule has 0 aromatic heterocycles. The van der Waals surface area contributed by atoms with Crippen LogP contribution in [0.15, 0.2) is 12.2 Å². The molecule has 2 atom stereocenters. The van der Waals surface area contributed by atoms with Crippen molar-refractivity contribution in [2.45, 2.75) is 12.2 Å². The third kappa shape index (κ3) is 0.428. The summed E-state index contributed by atoms with van der Waals surface area (Å²) >= 11 is 4.95. The predicted octanol–water partition coefficient (Wildman–Crippen LogP) is -0.229. The van der Waals surface area contributed by atoms with E-state index in [1.165, 1.54) is 0 Å². The average Bonchev–Trinajstić information content (AvgIpc) is 2.23. The third-order valence-corrected chi connectivity index (χ3v) is 1.81. The Bertz CT molecular complexity index is 164. The number of fused-ring (bicyclic) bond motifs is 2. The number of rotatable bonds is 0. The van der Waals surface area contributed by atoms with E-state index in [0.717, 1.165) is 4.99 Å². The maximum Gasteiger partial charge on any atom is 0.0981 e. The van der Waals surface area contributed by atoms with Crippen molar-refractivity contribution < 1.29 is 0 Å². The Kier molecular flexibility index (Phi) is 0.725. The second kappa shape index (κ2) is 1.30. The predicted molar refractivity (Wildman–Crippen MR) is 35.6 cm³/mol. The molecule has 1 saturated heterocycles. The van der Waals surface area contributed by atoms with Gasteiger partial charge in [0.25, 0.3) is 0 Å². The third-order valence-electron chi connectivity index (χ3n) is 1.44. The van der Waals surface area contributed by atoms with Crippen LogP contribution in [0, 0.1) is 0 Å². The fourth-order valence-electron chi connectivity index (χ4n) is 1.02. The Morgan fingerprint density at radius 3 is 2.62 bits per heavy atom. The van der Waals surface area contributed by atoms with Crippen LogP contribution in [0.2, 0.25) is 0 Å². The van der Waals surface area contributed by atoms with Gasteiger partial charge in [0.1, 0.15) is 0 Å². The summed E-state index contributed by atoms with van der Waals surface area (Å²) < 4.78 is 0. The quantitative estimate of drug-likeness (QED) is 0.346. The van der Waals surface area contributed by atoms with Crippen molar-refractivity contribution in [1.29, 1.82) is 0 Å². The largest absolute Gasteiger partial charge is 0.359 e. The SMILES string of the molecule is S=C1N[C@H]2C=C[C@H]1N2. The van der Waals surface area contributed by atoms with Gasteiger partial charge in [-0.25, -0.2) is 0 Å². The highest BCUT2D eigenvalue weighted by Crippen LogP contribution is 2.08. The van der Waals surface area contributed by atoms with Gasteiger partial charge in [-0.15, -0.1) is 0 Å². The fraction of sp³-hybridized carbons (Fsp3) is 0.400. The van der Waals surface area contributed by atoms with Crippen LogP contribution >= 0.6 is 12.2 Å². The molecule has 2 heterocycles. The summed E-state index contributed by atoms with van der Waals surface area (Å²) in [6.07, 6.45) is 4.50. The van der Waals surface area contributed by atoms with Gasteiger partial charge in [0.15, 0.2) is 0 Å². The van der Waals surface area contributed by atoms with Crippen molar-refractivity contribution >= 4 is 17.2 Å². The van der Waals surface area contributed by atoms with Gasteiger partial charge < -0.3 is 5.32 Å². The van der Waals surface area contributed by atoms with E-state index in [2.05, 4.69) is 22.8 Å². The molecule has 0 aliphatic carbocycles. The number of hydrogen-bond acceptors (Lipinski definition) is 2. The molecule has 2 bridgehead atoms. The molecule has 2 nitrogen and oxygen atoms in total. The molecule has 0 spiro atoms. The lowest BCUT2D eigenvalue weighted by Crippen LogP contribution is -2.28. The van der Waals surface area contributed by atoms with Gasteiger partial charge in [-0.2, -0.15) is 0 Å². The highest BCUT2D eigenvalue weighted by molar-refractivity contribution is 7.80. The molecule has 0 amide bonds. The second-order valence-electron chi connectivity index (χ2n) is 2.02. The van der Waals surface area contributed by atoms with E-state index in [9.17, 15) is 0 Å². The zero-order valence-corrected chi connectivity index (χ0v) is 5.03. The fourth-order valence-corrected chi connectivity index (χ4v) is 1.30. The molecule has 2 aliphatic rings. The van der Waals surface area contributed by atoms with Crippen LogP contribution in [0.25, 0.3) is 0 Å². The standard InChI is InChI=1S/C5H6N2S/c8-5-3-1-2-4(6-3)7-5/h1-4,6H,(H,7,8)/t3-,4+/m1/s1. The van der Waals surface area contributed by atoms with E-state index >= 15 is 0 Å². The van der Waals surface area contributed by atoms with Gasteiger partial charge in [0.2, 0.25) is 0 Å². The van der Waals surface area contributed by atoms with E-state index in [0.29, 0.717) is 12.2 Å². The molecule has 0 saturated carbocycles. The Labute approximate surface area is 53.0 Å². The summed E-state index contributed by atoms with van der Waals surface area (Å²) in [6, 6.07) is 0.329. The molecule has 0 aromatic rings. The van der Waals surface area contributed by atoms with E-state index in [1.54, 1.807) is 0 Å². The first-order valence-electron chi connectivity index (χ1n) is 2.61. The molecule has 2 aliphatic heterocycles. The van der Waals surface area contributed by atoms with Crippen LogP contribution in [0.4, 0.5) is 0 Å². The Balaban J connectivity index is 2.35. The molecule has 3 heteroatoms. The smallest absolute Gasteiger partial charge is 0.0981 e. The first kappa shape index (κ1) is 4.47. The monoisotopic (exact) mass is 126 g/mol. The van der Waals surface area contributed by atoms with Crippen LogP contribution in [0.1, 0.15) is 0 Å². The van der Waals surface area contributed by atoms with Crippen LogP contribution in [-0.4, -0.2) is 17.2 Å². The molecule has 0 aromatic carbocycles. The maximum absolute atomic E-state index is 4.95. The zero-order valence-electron chi connectivity index (χ0n) is 4.22. The molecule has 2 rings (SSSR count). The molecule has 2 N–H and O–H groups in total. The van der Waals surface area contributed by atoms with Crippen LogP contribution in [0.3, 0.4) is 0 Å². The molecular weight excluding hydrogens is 120 g/mol. The van der Waals surface area contributed by atoms with Crippen molar-refractivity contribution in [2.75, 3.05) is 0 Å². The van der Waals surface area contributed by atoms with Crippen molar-refractivity contribution in [1.82, 2.24) is 10.6 Å². The lowest BCUT2D eigenvalue weighted by atomic mass is 10.3. The van der Waals surface area contributed by atoms with Crippen LogP contribution in [0.5, 0.6) is 0 Å². The van der Waals surface area contributed by atoms with Crippen molar-refractivity contribution in [2.24, 2.45) is 0 Å². The number of thiocarbonyl (C=S) groups is 1. The summed E-state index contributed by atoms with van der Waals surface area (Å²) in [5.74, 6) is 0. The summed E-state index contributed by atoms with van der Waals surface area (Å²) in [7, 11) is 0. The minimum Gasteiger partial charge on any atom is -0.359 e. The number of hydrogen-bond donors (Lipinski definition) is 2. The highest BCUT2D eigenvalue weighted by Gasteiger charge is 2.28. The Morgan fingerprint density at radius 1 is 1.50 bits per heavy atom. The molecular formula is C5H6N2S. The van der Waals surface area contributed by atoms with Crippen LogP contribution in [-0.2, 0) is 0 Å². The van der Waals surface area contributed by atoms with Crippen molar-refractivity contribution in [3.05, 3.63) is 12.2 Å².